The second-order valence-corrected chi connectivity index (χ2v) is 4.28. The lowest BCUT2D eigenvalue weighted by Gasteiger charge is -2.25. The third-order valence-electron chi connectivity index (χ3n) is 3.68. The predicted octanol–water partition coefficient (Wildman–Crippen LogP) is 2.31. The maximum Gasteiger partial charge on any atom is 0.303 e. The van der Waals surface area contributed by atoms with Gasteiger partial charge in [0.15, 0.2) is 0 Å². The fraction of sp³-hybridized carbons (Fsp3) is 0.727. The summed E-state index contributed by atoms with van der Waals surface area (Å²) in [5.41, 5.74) is 0. The van der Waals surface area contributed by atoms with Crippen LogP contribution in [0.2, 0.25) is 0 Å². The molecule has 13 heavy (non-hydrogen) atoms. The Balaban J connectivity index is 2.09. The van der Waals surface area contributed by atoms with E-state index in [1.165, 1.54) is 6.42 Å². The van der Waals surface area contributed by atoms with Crippen molar-refractivity contribution in [3.05, 3.63) is 12.2 Å². The topological polar surface area (TPSA) is 37.3 Å². The van der Waals surface area contributed by atoms with Crippen LogP contribution in [-0.2, 0) is 4.79 Å². The van der Waals surface area contributed by atoms with Crippen LogP contribution in [0.15, 0.2) is 12.2 Å². The first-order chi connectivity index (χ1) is 6.22. The van der Waals surface area contributed by atoms with Crippen molar-refractivity contribution >= 4 is 5.97 Å². The molecule has 1 N–H and O–H groups in total. The van der Waals surface area contributed by atoms with Gasteiger partial charge in [0.2, 0.25) is 0 Å². The van der Waals surface area contributed by atoms with Crippen molar-refractivity contribution < 1.29 is 9.90 Å². The summed E-state index contributed by atoms with van der Waals surface area (Å²) in [7, 11) is 0. The molecule has 2 heteroatoms. The number of rotatable bonds is 3. The van der Waals surface area contributed by atoms with Gasteiger partial charge in [0, 0.05) is 6.42 Å². The van der Waals surface area contributed by atoms with E-state index in [1.54, 1.807) is 0 Å². The van der Waals surface area contributed by atoms with Crippen LogP contribution in [0.1, 0.15) is 26.2 Å². The first-order valence-electron chi connectivity index (χ1n) is 5.12. The molecule has 2 bridgehead atoms. The molecule has 0 aromatic heterocycles. The molecule has 0 radical (unpaired) electrons. The second-order valence-electron chi connectivity index (χ2n) is 4.28. The van der Waals surface area contributed by atoms with Crippen LogP contribution in [-0.4, -0.2) is 11.1 Å². The molecule has 4 unspecified atom stereocenters. The molecular formula is C11H16O2. The molecule has 4 atom stereocenters. The number of carboxylic acid groups (broad SMARTS) is 1. The number of allylic oxidation sites excluding steroid dienone is 2. The Bertz CT molecular complexity index is 244. The number of hydrogen-bond acceptors (Lipinski definition) is 1. The number of carbonyl (C=O) groups is 1. The van der Waals surface area contributed by atoms with Gasteiger partial charge < -0.3 is 5.11 Å². The minimum absolute atomic E-state index is 0.365. The second kappa shape index (κ2) is 3.17. The van der Waals surface area contributed by atoms with Gasteiger partial charge in [-0.05, 0) is 30.1 Å². The van der Waals surface area contributed by atoms with Crippen molar-refractivity contribution in [3.8, 4) is 0 Å². The van der Waals surface area contributed by atoms with Gasteiger partial charge in [-0.2, -0.15) is 0 Å². The van der Waals surface area contributed by atoms with Crippen molar-refractivity contribution in [2.24, 2.45) is 23.7 Å². The van der Waals surface area contributed by atoms with Crippen LogP contribution in [0.3, 0.4) is 0 Å². The molecule has 72 valence electrons. The first kappa shape index (κ1) is 8.79. The monoisotopic (exact) mass is 180 g/mol. The summed E-state index contributed by atoms with van der Waals surface area (Å²) in [6.07, 6.45) is 7.21. The molecule has 0 spiro atoms. The first-order valence-corrected chi connectivity index (χ1v) is 5.12. The molecule has 2 aliphatic rings. The van der Waals surface area contributed by atoms with Crippen molar-refractivity contribution in [2.45, 2.75) is 26.2 Å². The van der Waals surface area contributed by atoms with E-state index in [1.807, 2.05) is 0 Å². The summed E-state index contributed by atoms with van der Waals surface area (Å²) in [5, 5.41) is 8.79. The Morgan fingerprint density at radius 3 is 2.54 bits per heavy atom. The fourth-order valence-corrected chi connectivity index (χ4v) is 3.14. The Morgan fingerprint density at radius 2 is 2.00 bits per heavy atom. The highest BCUT2D eigenvalue weighted by Crippen LogP contribution is 2.50. The zero-order chi connectivity index (χ0) is 9.42. The Morgan fingerprint density at radius 1 is 1.38 bits per heavy atom. The van der Waals surface area contributed by atoms with Gasteiger partial charge in [0.1, 0.15) is 0 Å². The highest BCUT2D eigenvalue weighted by atomic mass is 16.4. The van der Waals surface area contributed by atoms with Crippen LogP contribution in [0, 0.1) is 23.7 Å². The van der Waals surface area contributed by atoms with Crippen molar-refractivity contribution in [2.75, 3.05) is 0 Å². The SMILES string of the molecule is CCC1C2C=CC(C2)C1CC(=O)O. The van der Waals surface area contributed by atoms with Gasteiger partial charge in [-0.1, -0.05) is 25.5 Å². The zero-order valence-corrected chi connectivity index (χ0v) is 7.94. The van der Waals surface area contributed by atoms with Crippen molar-refractivity contribution in [1.82, 2.24) is 0 Å². The quantitative estimate of drug-likeness (QED) is 0.677. The molecule has 0 amide bonds. The fourth-order valence-electron chi connectivity index (χ4n) is 3.14. The van der Waals surface area contributed by atoms with E-state index in [9.17, 15) is 4.79 Å². The molecule has 2 aliphatic carbocycles. The van der Waals surface area contributed by atoms with Crippen molar-refractivity contribution in [3.63, 3.8) is 0 Å². The molecule has 2 nitrogen and oxygen atoms in total. The lowest BCUT2D eigenvalue weighted by molar-refractivity contribution is -0.138. The van der Waals surface area contributed by atoms with E-state index in [-0.39, 0.29) is 0 Å². The minimum atomic E-state index is -0.635. The van der Waals surface area contributed by atoms with E-state index in [0.29, 0.717) is 30.1 Å². The van der Waals surface area contributed by atoms with E-state index >= 15 is 0 Å². The van der Waals surface area contributed by atoms with Gasteiger partial charge >= 0.3 is 5.97 Å². The predicted molar refractivity (Wildman–Crippen MR) is 50.3 cm³/mol. The van der Waals surface area contributed by atoms with Gasteiger partial charge in [-0.3, -0.25) is 4.79 Å². The lowest BCUT2D eigenvalue weighted by atomic mass is 9.79. The normalized spacial score (nSPS) is 41.3. The maximum atomic E-state index is 10.7. The van der Waals surface area contributed by atoms with Crippen LogP contribution >= 0.6 is 0 Å². The largest absolute Gasteiger partial charge is 0.481 e. The van der Waals surface area contributed by atoms with Crippen molar-refractivity contribution in [1.29, 1.82) is 0 Å². The molecule has 2 rings (SSSR count). The minimum Gasteiger partial charge on any atom is -0.481 e. The number of fused-ring (bicyclic) bond motifs is 2. The van der Waals surface area contributed by atoms with E-state index in [0.717, 1.165) is 6.42 Å². The number of hydrogen-bond donors (Lipinski definition) is 1. The lowest BCUT2D eigenvalue weighted by Crippen LogP contribution is -2.21. The summed E-state index contributed by atoms with van der Waals surface area (Å²) in [4.78, 5) is 10.7. The zero-order valence-electron chi connectivity index (χ0n) is 7.94. The molecule has 0 saturated heterocycles. The van der Waals surface area contributed by atoms with Crippen LogP contribution in [0.4, 0.5) is 0 Å². The molecule has 0 heterocycles. The smallest absolute Gasteiger partial charge is 0.303 e. The van der Waals surface area contributed by atoms with Crippen LogP contribution in [0.5, 0.6) is 0 Å². The van der Waals surface area contributed by atoms with Gasteiger partial charge in [-0.25, -0.2) is 0 Å². The van der Waals surface area contributed by atoms with Gasteiger partial charge in [0.25, 0.3) is 0 Å². The summed E-state index contributed by atoms with van der Waals surface area (Å²) in [6, 6.07) is 0. The van der Waals surface area contributed by atoms with Gasteiger partial charge in [-0.15, -0.1) is 0 Å². The highest BCUT2D eigenvalue weighted by Gasteiger charge is 2.43. The van der Waals surface area contributed by atoms with Crippen LogP contribution < -0.4 is 0 Å². The number of aliphatic carboxylic acids is 1. The van der Waals surface area contributed by atoms with E-state index < -0.39 is 5.97 Å². The Hall–Kier alpha value is -0.790. The third-order valence-corrected chi connectivity index (χ3v) is 3.68. The third kappa shape index (κ3) is 1.38. The Kier molecular flexibility index (Phi) is 2.14. The summed E-state index contributed by atoms with van der Waals surface area (Å²) >= 11 is 0. The molecule has 1 saturated carbocycles. The molecule has 0 aromatic rings. The average molecular weight is 180 g/mol. The van der Waals surface area contributed by atoms with E-state index in [2.05, 4.69) is 19.1 Å². The van der Waals surface area contributed by atoms with Gasteiger partial charge in [0.05, 0.1) is 0 Å². The van der Waals surface area contributed by atoms with Crippen LogP contribution in [0.25, 0.3) is 0 Å². The maximum absolute atomic E-state index is 10.7. The molecule has 0 aliphatic heterocycles. The summed E-state index contributed by atoms with van der Waals surface area (Å²) < 4.78 is 0. The molecule has 0 aromatic carbocycles. The highest BCUT2D eigenvalue weighted by molar-refractivity contribution is 5.67. The molecular weight excluding hydrogens is 164 g/mol. The standard InChI is InChI=1S/C11H16O2/c1-2-9-7-3-4-8(5-7)10(9)6-11(12)13/h3-4,7-10H,2,5-6H2,1H3,(H,12,13). The summed E-state index contributed by atoms with van der Waals surface area (Å²) in [5.74, 6) is 1.65. The number of carboxylic acids is 1. The average Bonchev–Trinajstić information content (AvgIpc) is 2.62. The Labute approximate surface area is 78.6 Å². The summed E-state index contributed by atoms with van der Waals surface area (Å²) in [6.45, 7) is 2.17. The molecule has 1 fully saturated rings. The van der Waals surface area contributed by atoms with E-state index in [4.69, 9.17) is 5.11 Å².